The van der Waals surface area contributed by atoms with Gasteiger partial charge in [-0.3, -0.25) is 4.90 Å². The van der Waals surface area contributed by atoms with E-state index in [0.29, 0.717) is 12.4 Å². The first kappa shape index (κ1) is 25.4. The molecule has 2 aromatic carbocycles. The lowest BCUT2D eigenvalue weighted by atomic mass is 9.96. The van der Waals surface area contributed by atoms with E-state index in [1.54, 1.807) is 14.1 Å². The van der Waals surface area contributed by atoms with Crippen molar-refractivity contribution in [2.24, 2.45) is 5.92 Å². The molecule has 1 aliphatic carbocycles. The summed E-state index contributed by atoms with van der Waals surface area (Å²) in [7, 11) is 3.37. The first-order chi connectivity index (χ1) is 16.1. The number of carbonyl (C=O) groups excluding carboxylic acids is 1. The number of hydrogen-bond donors (Lipinski definition) is 0. The van der Waals surface area contributed by atoms with Crippen LogP contribution >= 0.6 is 0 Å². The van der Waals surface area contributed by atoms with Crippen molar-refractivity contribution in [2.45, 2.75) is 64.7 Å². The van der Waals surface area contributed by atoms with Gasteiger partial charge in [0, 0.05) is 31.4 Å². The number of carbonyl (C=O) groups is 1. The van der Waals surface area contributed by atoms with E-state index in [1.165, 1.54) is 69.2 Å². The lowest BCUT2D eigenvalue weighted by Crippen LogP contribution is -2.31. The van der Waals surface area contributed by atoms with Crippen molar-refractivity contribution < 1.29 is 14.3 Å². The van der Waals surface area contributed by atoms with Crippen LogP contribution in [-0.2, 0) is 0 Å². The predicted octanol–water partition coefficient (Wildman–Crippen LogP) is 6.74. The molecule has 1 saturated carbocycles. The highest BCUT2D eigenvalue weighted by molar-refractivity contribution is 5.94. The Balaban J connectivity index is 1.59. The van der Waals surface area contributed by atoms with E-state index in [0.717, 1.165) is 35.5 Å². The highest BCUT2D eigenvalue weighted by Gasteiger charge is 2.15. The molecular weight excluding hydrogens is 412 g/mol. The monoisotopic (exact) mass is 454 g/mol. The molecule has 0 bridgehead atoms. The molecule has 0 N–H and O–H groups in total. The van der Waals surface area contributed by atoms with Gasteiger partial charge in [0.05, 0.1) is 0 Å². The molecule has 0 spiro atoms. The molecule has 5 nitrogen and oxygen atoms in total. The van der Waals surface area contributed by atoms with Gasteiger partial charge in [-0.1, -0.05) is 76.1 Å². The van der Waals surface area contributed by atoms with E-state index in [2.05, 4.69) is 11.8 Å². The largest absolute Gasteiger partial charge is 0.492 e. The lowest BCUT2D eigenvalue weighted by molar-refractivity contribution is 0.172. The van der Waals surface area contributed by atoms with E-state index < -0.39 is 0 Å². The number of ether oxygens (including phenoxy) is 2. The molecule has 0 atom stereocenters. The number of fused-ring (bicyclic) bond motifs is 1. The number of nitrogens with zero attached hydrogens (tertiary/aromatic N) is 2. The molecule has 0 saturated heterocycles. The van der Waals surface area contributed by atoms with Gasteiger partial charge in [-0.05, 0) is 44.0 Å². The van der Waals surface area contributed by atoms with Crippen molar-refractivity contribution >= 4 is 16.9 Å². The van der Waals surface area contributed by atoms with Gasteiger partial charge in [0.1, 0.15) is 18.1 Å². The van der Waals surface area contributed by atoms with Crippen LogP contribution in [0.1, 0.15) is 64.7 Å². The third kappa shape index (κ3) is 7.92. The van der Waals surface area contributed by atoms with Crippen LogP contribution in [0.5, 0.6) is 11.5 Å². The van der Waals surface area contributed by atoms with Crippen LogP contribution in [0.15, 0.2) is 36.4 Å². The summed E-state index contributed by atoms with van der Waals surface area (Å²) in [6, 6.07) is 11.7. The predicted molar refractivity (Wildman–Crippen MR) is 136 cm³/mol. The van der Waals surface area contributed by atoms with E-state index in [-0.39, 0.29) is 6.09 Å². The van der Waals surface area contributed by atoms with Crippen LogP contribution in [0, 0.1) is 5.92 Å². The zero-order chi connectivity index (χ0) is 23.5. The number of unbranched alkanes of at least 4 members (excludes halogenated alkanes) is 1. The van der Waals surface area contributed by atoms with Gasteiger partial charge in [0.25, 0.3) is 0 Å². The molecule has 0 aromatic heterocycles. The molecule has 0 radical (unpaired) electrons. The van der Waals surface area contributed by atoms with Gasteiger partial charge in [0.15, 0.2) is 0 Å². The third-order valence-electron chi connectivity index (χ3n) is 6.73. The summed E-state index contributed by atoms with van der Waals surface area (Å²) in [5.74, 6) is 2.30. The minimum atomic E-state index is -0.381. The van der Waals surface area contributed by atoms with Crippen molar-refractivity contribution in [1.29, 1.82) is 0 Å². The highest BCUT2D eigenvalue weighted by atomic mass is 16.6. The molecule has 2 aromatic rings. The van der Waals surface area contributed by atoms with Crippen molar-refractivity contribution in [3.8, 4) is 11.5 Å². The first-order valence-electron chi connectivity index (χ1n) is 12.8. The molecule has 0 heterocycles. The van der Waals surface area contributed by atoms with Crippen molar-refractivity contribution in [1.82, 2.24) is 9.80 Å². The summed E-state index contributed by atoms with van der Waals surface area (Å²) in [6.45, 7) is 6.19. The van der Waals surface area contributed by atoms with Crippen LogP contribution in [0.2, 0.25) is 0 Å². The van der Waals surface area contributed by atoms with E-state index in [1.807, 2.05) is 36.4 Å². The van der Waals surface area contributed by atoms with Gasteiger partial charge in [-0.25, -0.2) is 4.79 Å². The Bertz CT molecular complexity index is 859. The number of hydrogen-bond acceptors (Lipinski definition) is 4. The molecule has 5 heteroatoms. The summed E-state index contributed by atoms with van der Waals surface area (Å²) in [5, 5.41) is 1.86. The Morgan fingerprint density at radius 1 is 0.909 bits per heavy atom. The fourth-order valence-electron chi connectivity index (χ4n) is 4.67. The molecule has 0 aliphatic heterocycles. The molecule has 33 heavy (non-hydrogen) atoms. The number of benzene rings is 2. The molecule has 1 amide bonds. The molecule has 1 aliphatic rings. The maximum absolute atomic E-state index is 12.0. The second-order valence-electron chi connectivity index (χ2n) is 9.56. The first-order valence-corrected chi connectivity index (χ1v) is 12.8. The standard InChI is InChI=1S/C28H42N2O3/c1-4-5-19-30(20-18-23-12-8-6-7-9-13-23)21-22-32-26-16-10-15-25-24(26)14-11-17-27(25)33-28(31)29(2)3/h10-11,14-17,23H,4-9,12-13,18-22H2,1-3H3. The van der Waals surface area contributed by atoms with Crippen LogP contribution in [-0.4, -0.2) is 56.2 Å². The topological polar surface area (TPSA) is 42.0 Å². The Morgan fingerprint density at radius 3 is 2.24 bits per heavy atom. The van der Waals surface area contributed by atoms with Crippen LogP contribution in [0.4, 0.5) is 4.79 Å². The highest BCUT2D eigenvalue weighted by Crippen LogP contribution is 2.32. The number of rotatable bonds is 11. The van der Waals surface area contributed by atoms with Crippen LogP contribution in [0.25, 0.3) is 10.8 Å². The third-order valence-corrected chi connectivity index (χ3v) is 6.73. The Hall–Kier alpha value is -2.27. The van der Waals surface area contributed by atoms with Gasteiger partial charge in [-0.15, -0.1) is 0 Å². The van der Waals surface area contributed by atoms with E-state index in [9.17, 15) is 4.79 Å². The summed E-state index contributed by atoms with van der Waals surface area (Å²) in [4.78, 5) is 16.1. The Labute approximate surface area is 200 Å². The molecular formula is C28H42N2O3. The second-order valence-corrected chi connectivity index (χ2v) is 9.56. The zero-order valence-electron chi connectivity index (χ0n) is 20.9. The summed E-state index contributed by atoms with van der Waals surface area (Å²) in [5.41, 5.74) is 0. The van der Waals surface area contributed by atoms with Crippen molar-refractivity contribution in [2.75, 3.05) is 40.3 Å². The Kier molecular flexibility index (Phi) is 10.3. The lowest BCUT2D eigenvalue weighted by Gasteiger charge is -2.25. The smallest absolute Gasteiger partial charge is 0.414 e. The van der Waals surface area contributed by atoms with Gasteiger partial charge >= 0.3 is 6.09 Å². The minimum Gasteiger partial charge on any atom is -0.492 e. The molecule has 0 unspecified atom stereocenters. The van der Waals surface area contributed by atoms with E-state index >= 15 is 0 Å². The zero-order valence-corrected chi connectivity index (χ0v) is 20.9. The summed E-state index contributed by atoms with van der Waals surface area (Å²) in [6.07, 6.45) is 11.9. The van der Waals surface area contributed by atoms with Crippen LogP contribution in [0.3, 0.4) is 0 Å². The second kappa shape index (κ2) is 13.4. The fraction of sp³-hybridized carbons (Fsp3) is 0.607. The molecule has 1 fully saturated rings. The quantitative estimate of drug-likeness (QED) is 0.353. The van der Waals surface area contributed by atoms with Crippen molar-refractivity contribution in [3.63, 3.8) is 0 Å². The average molecular weight is 455 g/mol. The molecule has 182 valence electrons. The van der Waals surface area contributed by atoms with Gasteiger partial charge < -0.3 is 14.4 Å². The maximum Gasteiger partial charge on any atom is 0.414 e. The van der Waals surface area contributed by atoms with Gasteiger partial charge in [0.2, 0.25) is 0 Å². The van der Waals surface area contributed by atoms with Crippen LogP contribution < -0.4 is 9.47 Å². The minimum absolute atomic E-state index is 0.381. The Morgan fingerprint density at radius 2 is 1.58 bits per heavy atom. The average Bonchev–Trinajstić information content (AvgIpc) is 3.09. The summed E-state index contributed by atoms with van der Waals surface area (Å²) >= 11 is 0. The number of amides is 1. The SMILES string of the molecule is CCCCN(CCOc1cccc2c(OC(=O)N(C)C)cccc12)CCC1CCCCCC1. The summed E-state index contributed by atoms with van der Waals surface area (Å²) < 4.78 is 11.8. The fourth-order valence-corrected chi connectivity index (χ4v) is 4.67. The normalized spacial score (nSPS) is 14.9. The maximum atomic E-state index is 12.0. The molecule has 3 rings (SSSR count). The van der Waals surface area contributed by atoms with Crippen molar-refractivity contribution in [3.05, 3.63) is 36.4 Å². The van der Waals surface area contributed by atoms with E-state index in [4.69, 9.17) is 9.47 Å². The van der Waals surface area contributed by atoms with Gasteiger partial charge in [-0.2, -0.15) is 0 Å².